The molecular weight excluding hydrogens is 166 g/mol. The summed E-state index contributed by atoms with van der Waals surface area (Å²) in [6, 6.07) is 4.98. The van der Waals surface area contributed by atoms with Crippen LogP contribution in [0.4, 0.5) is 0 Å². The summed E-state index contributed by atoms with van der Waals surface area (Å²) in [5, 5.41) is 2.15. The van der Waals surface area contributed by atoms with Gasteiger partial charge in [0.25, 0.3) is 0 Å². The minimum absolute atomic E-state index is 0.620. The number of thiophene rings is 1. The lowest BCUT2D eigenvalue weighted by atomic mass is 10.1. The van der Waals surface area contributed by atoms with Crippen molar-refractivity contribution in [2.75, 3.05) is 14.1 Å². The maximum absolute atomic E-state index is 2.30. The number of hydrogen-bond donors (Lipinski definition) is 0. The molecule has 0 amide bonds. The summed E-state index contributed by atoms with van der Waals surface area (Å²) in [6.07, 6.45) is 2.51. The first-order valence-electron chi connectivity index (χ1n) is 4.45. The Labute approximate surface area is 79.0 Å². The molecule has 1 atom stereocenters. The Kier molecular flexibility index (Phi) is 3.76. The molecular formula is C10H17NS. The minimum atomic E-state index is 0.620. The van der Waals surface area contributed by atoms with Gasteiger partial charge in [0.15, 0.2) is 0 Å². The molecule has 12 heavy (non-hydrogen) atoms. The van der Waals surface area contributed by atoms with Gasteiger partial charge in [-0.25, -0.2) is 0 Å². The van der Waals surface area contributed by atoms with Gasteiger partial charge in [0.2, 0.25) is 0 Å². The summed E-state index contributed by atoms with van der Waals surface area (Å²) in [5.41, 5.74) is 0. The third kappa shape index (κ3) is 2.32. The Morgan fingerprint density at radius 3 is 2.67 bits per heavy atom. The maximum atomic E-state index is 2.30. The largest absolute Gasteiger partial charge is 0.302 e. The standard InChI is InChI=1S/C10H17NS/c1-4-6-9(11(2)3)10-7-5-8-12-10/h5,7-9H,4,6H2,1-3H3. The van der Waals surface area contributed by atoms with Gasteiger partial charge in [-0.2, -0.15) is 0 Å². The fraction of sp³-hybridized carbons (Fsp3) is 0.600. The van der Waals surface area contributed by atoms with E-state index in [4.69, 9.17) is 0 Å². The number of hydrogen-bond acceptors (Lipinski definition) is 2. The Balaban J connectivity index is 2.66. The second-order valence-corrected chi connectivity index (χ2v) is 4.26. The van der Waals surface area contributed by atoms with E-state index in [2.05, 4.69) is 43.4 Å². The van der Waals surface area contributed by atoms with Crippen molar-refractivity contribution < 1.29 is 0 Å². The maximum Gasteiger partial charge on any atom is 0.0435 e. The molecule has 2 heteroatoms. The van der Waals surface area contributed by atoms with E-state index in [1.165, 1.54) is 17.7 Å². The minimum Gasteiger partial charge on any atom is -0.302 e. The Morgan fingerprint density at radius 1 is 1.50 bits per heavy atom. The molecule has 1 nitrogen and oxygen atoms in total. The van der Waals surface area contributed by atoms with E-state index in [1.807, 2.05) is 11.3 Å². The summed E-state index contributed by atoms with van der Waals surface area (Å²) in [6.45, 7) is 2.24. The molecule has 1 aromatic rings. The van der Waals surface area contributed by atoms with Gasteiger partial charge in [-0.1, -0.05) is 19.4 Å². The fourth-order valence-electron chi connectivity index (χ4n) is 1.41. The van der Waals surface area contributed by atoms with E-state index >= 15 is 0 Å². The lowest BCUT2D eigenvalue weighted by molar-refractivity contribution is 0.286. The Morgan fingerprint density at radius 2 is 2.25 bits per heavy atom. The van der Waals surface area contributed by atoms with Crippen LogP contribution in [0.25, 0.3) is 0 Å². The smallest absolute Gasteiger partial charge is 0.0435 e. The zero-order valence-electron chi connectivity index (χ0n) is 8.08. The molecule has 0 fully saturated rings. The van der Waals surface area contributed by atoms with E-state index < -0.39 is 0 Å². The average Bonchev–Trinajstić information content (AvgIpc) is 2.51. The molecule has 0 spiro atoms. The molecule has 1 heterocycles. The van der Waals surface area contributed by atoms with Crippen LogP contribution in [-0.4, -0.2) is 19.0 Å². The van der Waals surface area contributed by atoms with Gasteiger partial charge in [-0.05, 0) is 32.0 Å². The molecule has 0 aliphatic carbocycles. The highest BCUT2D eigenvalue weighted by Crippen LogP contribution is 2.26. The van der Waals surface area contributed by atoms with Crippen molar-refractivity contribution in [2.24, 2.45) is 0 Å². The van der Waals surface area contributed by atoms with Crippen LogP contribution < -0.4 is 0 Å². The normalized spacial score (nSPS) is 13.7. The van der Waals surface area contributed by atoms with Crippen molar-refractivity contribution in [2.45, 2.75) is 25.8 Å². The Hall–Kier alpha value is -0.340. The van der Waals surface area contributed by atoms with Crippen LogP contribution in [0.2, 0.25) is 0 Å². The molecule has 0 saturated heterocycles. The molecule has 0 bridgehead atoms. The van der Waals surface area contributed by atoms with Crippen molar-refractivity contribution >= 4 is 11.3 Å². The summed E-state index contributed by atoms with van der Waals surface area (Å²) >= 11 is 1.86. The quantitative estimate of drug-likeness (QED) is 0.693. The third-order valence-corrected chi connectivity index (χ3v) is 3.03. The van der Waals surface area contributed by atoms with E-state index in [9.17, 15) is 0 Å². The molecule has 0 N–H and O–H groups in total. The first-order valence-corrected chi connectivity index (χ1v) is 5.33. The first kappa shape index (κ1) is 9.75. The Bertz CT molecular complexity index is 204. The second kappa shape index (κ2) is 4.63. The third-order valence-electron chi connectivity index (χ3n) is 2.06. The highest BCUT2D eigenvalue weighted by atomic mass is 32.1. The fourth-order valence-corrected chi connectivity index (χ4v) is 2.37. The van der Waals surface area contributed by atoms with Crippen LogP contribution in [0.3, 0.4) is 0 Å². The molecule has 0 aliphatic rings. The lowest BCUT2D eigenvalue weighted by Crippen LogP contribution is -2.18. The number of rotatable bonds is 4. The molecule has 0 saturated carbocycles. The summed E-state index contributed by atoms with van der Waals surface area (Å²) in [4.78, 5) is 3.79. The van der Waals surface area contributed by atoms with Gasteiger partial charge in [0, 0.05) is 10.9 Å². The van der Waals surface area contributed by atoms with Crippen molar-refractivity contribution in [3.05, 3.63) is 22.4 Å². The predicted molar refractivity (Wildman–Crippen MR) is 55.7 cm³/mol. The van der Waals surface area contributed by atoms with Crippen LogP contribution in [0.5, 0.6) is 0 Å². The van der Waals surface area contributed by atoms with Crippen LogP contribution in [-0.2, 0) is 0 Å². The van der Waals surface area contributed by atoms with Gasteiger partial charge in [-0.15, -0.1) is 11.3 Å². The van der Waals surface area contributed by atoms with Crippen LogP contribution in [0.15, 0.2) is 17.5 Å². The molecule has 0 radical (unpaired) electrons. The van der Waals surface area contributed by atoms with Gasteiger partial charge in [-0.3, -0.25) is 0 Å². The molecule has 0 aliphatic heterocycles. The predicted octanol–water partition coefficient (Wildman–Crippen LogP) is 3.15. The van der Waals surface area contributed by atoms with E-state index in [-0.39, 0.29) is 0 Å². The van der Waals surface area contributed by atoms with Crippen molar-refractivity contribution in [3.8, 4) is 0 Å². The first-order chi connectivity index (χ1) is 5.75. The average molecular weight is 183 g/mol. The molecule has 1 aromatic heterocycles. The van der Waals surface area contributed by atoms with Crippen molar-refractivity contribution in [1.82, 2.24) is 4.90 Å². The highest BCUT2D eigenvalue weighted by molar-refractivity contribution is 7.10. The summed E-state index contributed by atoms with van der Waals surface area (Å²) in [5.74, 6) is 0. The van der Waals surface area contributed by atoms with Crippen molar-refractivity contribution in [3.63, 3.8) is 0 Å². The van der Waals surface area contributed by atoms with Crippen LogP contribution >= 0.6 is 11.3 Å². The van der Waals surface area contributed by atoms with Crippen LogP contribution in [0, 0.1) is 0 Å². The molecule has 1 rings (SSSR count). The van der Waals surface area contributed by atoms with Gasteiger partial charge in [0.1, 0.15) is 0 Å². The zero-order valence-corrected chi connectivity index (χ0v) is 8.90. The van der Waals surface area contributed by atoms with E-state index in [0.29, 0.717) is 6.04 Å². The van der Waals surface area contributed by atoms with Gasteiger partial charge < -0.3 is 4.90 Å². The van der Waals surface area contributed by atoms with Crippen molar-refractivity contribution in [1.29, 1.82) is 0 Å². The topological polar surface area (TPSA) is 3.24 Å². The highest BCUT2D eigenvalue weighted by Gasteiger charge is 2.12. The van der Waals surface area contributed by atoms with Gasteiger partial charge in [0.05, 0.1) is 0 Å². The SMILES string of the molecule is CCCC(c1cccs1)N(C)C. The van der Waals surface area contributed by atoms with E-state index in [0.717, 1.165) is 0 Å². The molecule has 1 unspecified atom stereocenters. The summed E-state index contributed by atoms with van der Waals surface area (Å²) in [7, 11) is 4.31. The monoisotopic (exact) mass is 183 g/mol. The second-order valence-electron chi connectivity index (χ2n) is 3.28. The number of nitrogens with zero attached hydrogens (tertiary/aromatic N) is 1. The van der Waals surface area contributed by atoms with E-state index in [1.54, 1.807) is 0 Å². The van der Waals surface area contributed by atoms with Crippen LogP contribution in [0.1, 0.15) is 30.7 Å². The lowest BCUT2D eigenvalue weighted by Gasteiger charge is -2.22. The molecule has 0 aromatic carbocycles. The zero-order chi connectivity index (χ0) is 8.97. The molecule has 68 valence electrons. The summed E-state index contributed by atoms with van der Waals surface area (Å²) < 4.78 is 0. The van der Waals surface area contributed by atoms with Gasteiger partial charge >= 0.3 is 0 Å².